The minimum atomic E-state index is -3.04. The summed E-state index contributed by atoms with van der Waals surface area (Å²) in [4.78, 5) is 16.8. The summed E-state index contributed by atoms with van der Waals surface area (Å²) in [5.74, 6) is 1.95. The lowest BCUT2D eigenvalue weighted by molar-refractivity contribution is -0.129. The molecule has 1 atom stereocenters. The van der Waals surface area contributed by atoms with Crippen molar-refractivity contribution in [2.24, 2.45) is 0 Å². The molecule has 0 N–H and O–H groups in total. The van der Waals surface area contributed by atoms with Gasteiger partial charge in [-0.05, 0) is 44.7 Å². The van der Waals surface area contributed by atoms with Crippen LogP contribution in [0.5, 0.6) is 0 Å². The molecule has 2 aromatic rings. The minimum Gasteiger partial charge on any atom is -0.467 e. The predicted octanol–water partition coefficient (Wildman–Crippen LogP) is 2.04. The van der Waals surface area contributed by atoms with Gasteiger partial charge in [0.1, 0.15) is 5.76 Å². The molecule has 0 spiro atoms. The predicted molar refractivity (Wildman–Crippen MR) is 119 cm³/mol. The van der Waals surface area contributed by atoms with E-state index in [1.165, 1.54) is 18.2 Å². The number of anilines is 1. The monoisotopic (exact) mass is 467 g/mol. The molecule has 4 heterocycles. The number of hydrogen-bond acceptors (Lipinski definition) is 8. The van der Waals surface area contributed by atoms with Crippen molar-refractivity contribution in [3.8, 4) is 0 Å². The van der Waals surface area contributed by atoms with Crippen LogP contribution in [0.25, 0.3) is 0 Å². The van der Waals surface area contributed by atoms with Crippen LogP contribution >= 0.6 is 11.8 Å². The van der Waals surface area contributed by atoms with Gasteiger partial charge in [-0.1, -0.05) is 11.8 Å². The van der Waals surface area contributed by atoms with Gasteiger partial charge in [0.15, 0.2) is 15.0 Å². The second-order valence-corrected chi connectivity index (χ2v) is 11.2. The SMILES string of the molecule is CCN(C(=O)CSc1nnc(N2CCCCC2)n1Cc1ccco1)C1CCS(=O)(=O)C1. The largest absolute Gasteiger partial charge is 0.467 e. The number of hydrogen-bond donors (Lipinski definition) is 0. The van der Waals surface area contributed by atoms with Crippen molar-refractivity contribution in [1.29, 1.82) is 0 Å². The number of thioether (sulfide) groups is 1. The van der Waals surface area contributed by atoms with Crippen molar-refractivity contribution >= 4 is 33.5 Å². The van der Waals surface area contributed by atoms with Crippen LogP contribution in [0.4, 0.5) is 5.95 Å². The van der Waals surface area contributed by atoms with Gasteiger partial charge in [-0.15, -0.1) is 10.2 Å². The smallest absolute Gasteiger partial charge is 0.233 e. The summed E-state index contributed by atoms with van der Waals surface area (Å²) in [6, 6.07) is 3.54. The zero-order chi connectivity index (χ0) is 21.8. The third-order valence-corrected chi connectivity index (χ3v) is 8.57. The number of amides is 1. The Morgan fingerprint density at radius 2 is 2.10 bits per heavy atom. The molecule has 9 nitrogen and oxygen atoms in total. The van der Waals surface area contributed by atoms with E-state index in [1.54, 1.807) is 11.2 Å². The van der Waals surface area contributed by atoms with E-state index in [1.807, 2.05) is 23.6 Å². The molecule has 31 heavy (non-hydrogen) atoms. The Morgan fingerprint density at radius 1 is 1.29 bits per heavy atom. The van der Waals surface area contributed by atoms with Gasteiger partial charge in [-0.25, -0.2) is 8.42 Å². The molecule has 2 aromatic heterocycles. The van der Waals surface area contributed by atoms with Gasteiger partial charge in [0.25, 0.3) is 0 Å². The topological polar surface area (TPSA) is 102 Å². The number of nitrogens with zero attached hydrogens (tertiary/aromatic N) is 5. The lowest BCUT2D eigenvalue weighted by Crippen LogP contribution is -2.42. The van der Waals surface area contributed by atoms with Gasteiger partial charge in [0.2, 0.25) is 11.9 Å². The fraction of sp³-hybridized carbons (Fsp3) is 0.650. The molecule has 2 fully saturated rings. The molecule has 0 aliphatic carbocycles. The van der Waals surface area contributed by atoms with Crippen LogP contribution in [-0.4, -0.2) is 76.9 Å². The Kier molecular flexibility index (Phi) is 6.90. The quantitative estimate of drug-likeness (QED) is 0.544. The van der Waals surface area contributed by atoms with Crippen LogP contribution in [0.3, 0.4) is 0 Å². The Hall–Kier alpha value is -2.01. The number of rotatable bonds is 8. The van der Waals surface area contributed by atoms with Crippen LogP contribution in [0.2, 0.25) is 0 Å². The molecule has 170 valence electrons. The van der Waals surface area contributed by atoms with E-state index < -0.39 is 9.84 Å². The number of aromatic nitrogens is 3. The molecule has 0 bridgehead atoms. The summed E-state index contributed by atoms with van der Waals surface area (Å²) in [5.41, 5.74) is 0. The molecular formula is C20H29N5O4S2. The van der Waals surface area contributed by atoms with Crippen LogP contribution < -0.4 is 4.90 Å². The molecule has 11 heteroatoms. The Labute approximate surface area is 187 Å². The first-order chi connectivity index (χ1) is 15.0. The van der Waals surface area contributed by atoms with Crippen molar-refractivity contribution in [3.63, 3.8) is 0 Å². The average molecular weight is 468 g/mol. The highest BCUT2D eigenvalue weighted by atomic mass is 32.2. The van der Waals surface area contributed by atoms with Gasteiger partial charge in [0, 0.05) is 25.7 Å². The average Bonchev–Trinajstić information content (AvgIpc) is 3.49. The van der Waals surface area contributed by atoms with E-state index in [0.717, 1.165) is 37.6 Å². The zero-order valence-corrected chi connectivity index (χ0v) is 19.4. The van der Waals surface area contributed by atoms with E-state index in [-0.39, 0.29) is 29.2 Å². The second kappa shape index (κ2) is 9.64. The van der Waals surface area contributed by atoms with E-state index in [9.17, 15) is 13.2 Å². The van der Waals surface area contributed by atoms with Gasteiger partial charge < -0.3 is 14.2 Å². The summed E-state index contributed by atoms with van der Waals surface area (Å²) in [6.45, 7) is 4.78. The van der Waals surface area contributed by atoms with E-state index in [4.69, 9.17) is 4.42 Å². The number of furan rings is 1. The van der Waals surface area contributed by atoms with Gasteiger partial charge in [0.05, 0.1) is 30.1 Å². The molecule has 0 radical (unpaired) electrons. The highest BCUT2D eigenvalue weighted by Gasteiger charge is 2.34. The maximum Gasteiger partial charge on any atom is 0.233 e. The summed E-state index contributed by atoms with van der Waals surface area (Å²) < 4.78 is 31.2. The highest BCUT2D eigenvalue weighted by molar-refractivity contribution is 7.99. The number of carbonyl (C=O) groups is 1. The van der Waals surface area contributed by atoms with Crippen LogP contribution in [0.15, 0.2) is 28.0 Å². The van der Waals surface area contributed by atoms with Gasteiger partial charge >= 0.3 is 0 Å². The summed E-state index contributed by atoms with van der Waals surface area (Å²) in [5, 5.41) is 9.47. The first-order valence-electron chi connectivity index (χ1n) is 10.8. The summed E-state index contributed by atoms with van der Waals surface area (Å²) in [6.07, 6.45) is 5.64. The normalized spacial score (nSPS) is 20.8. The molecule has 2 aliphatic heterocycles. The molecule has 1 amide bonds. The molecule has 1 unspecified atom stereocenters. The molecule has 4 rings (SSSR count). The Bertz CT molecular complexity index is 983. The number of sulfone groups is 1. The lowest BCUT2D eigenvalue weighted by atomic mass is 10.1. The maximum atomic E-state index is 12.9. The maximum absolute atomic E-state index is 12.9. The molecule has 2 aliphatic rings. The van der Waals surface area contributed by atoms with Gasteiger partial charge in [-0.2, -0.15) is 0 Å². The zero-order valence-electron chi connectivity index (χ0n) is 17.8. The first-order valence-corrected chi connectivity index (χ1v) is 13.6. The minimum absolute atomic E-state index is 0.0605. The van der Waals surface area contributed by atoms with Crippen LogP contribution in [0, 0.1) is 0 Å². The third kappa shape index (κ3) is 5.25. The fourth-order valence-electron chi connectivity index (χ4n) is 4.28. The van der Waals surface area contributed by atoms with Crippen molar-refractivity contribution < 1.29 is 17.6 Å². The molecule has 2 saturated heterocycles. The number of piperidine rings is 1. The van der Waals surface area contributed by atoms with E-state index in [0.29, 0.717) is 24.7 Å². The molecule has 0 saturated carbocycles. The van der Waals surface area contributed by atoms with Crippen molar-refractivity contribution in [1.82, 2.24) is 19.7 Å². The van der Waals surface area contributed by atoms with E-state index >= 15 is 0 Å². The first kappa shape index (κ1) is 22.2. The fourth-order valence-corrected chi connectivity index (χ4v) is 6.83. The number of carbonyl (C=O) groups excluding carboxylic acids is 1. The third-order valence-electron chi connectivity index (χ3n) is 5.87. The van der Waals surface area contributed by atoms with E-state index in [2.05, 4.69) is 15.1 Å². The molecular weight excluding hydrogens is 438 g/mol. The molecule has 0 aromatic carbocycles. The summed E-state index contributed by atoms with van der Waals surface area (Å²) in [7, 11) is -3.04. The highest BCUT2D eigenvalue weighted by Crippen LogP contribution is 2.27. The van der Waals surface area contributed by atoms with Crippen molar-refractivity contribution in [3.05, 3.63) is 24.2 Å². The lowest BCUT2D eigenvalue weighted by Gasteiger charge is -2.28. The standard InChI is InChI=1S/C20H29N5O4S2/c1-2-24(16-8-12-31(27,28)15-16)18(26)14-30-20-22-21-19(23-9-4-3-5-10-23)25(20)13-17-7-6-11-29-17/h6-7,11,16H,2-5,8-10,12-15H2,1H3. The van der Waals surface area contributed by atoms with Crippen LogP contribution in [-0.2, 0) is 21.2 Å². The van der Waals surface area contributed by atoms with Crippen LogP contribution in [0.1, 0.15) is 38.4 Å². The Morgan fingerprint density at radius 3 is 2.74 bits per heavy atom. The second-order valence-electron chi connectivity index (χ2n) is 8.02. The summed E-state index contributed by atoms with van der Waals surface area (Å²) >= 11 is 1.34. The van der Waals surface area contributed by atoms with Crippen molar-refractivity contribution in [2.75, 3.05) is 41.8 Å². The van der Waals surface area contributed by atoms with Gasteiger partial charge in [-0.3, -0.25) is 9.36 Å². The Balaban J connectivity index is 1.48. The van der Waals surface area contributed by atoms with Crippen molar-refractivity contribution in [2.45, 2.75) is 50.4 Å².